The van der Waals surface area contributed by atoms with Gasteiger partial charge in [-0.15, -0.1) is 10.2 Å². The third-order valence-corrected chi connectivity index (χ3v) is 1.91. The van der Waals surface area contributed by atoms with Crippen molar-refractivity contribution >= 4 is 22.9 Å². The Hall–Kier alpha value is -1.14. The van der Waals surface area contributed by atoms with Crippen molar-refractivity contribution in [2.45, 2.75) is 13.3 Å². The topological polar surface area (TPSA) is 76.7 Å². The largest absolute Gasteiger partial charge is 0.306 e. The van der Waals surface area contributed by atoms with Crippen LogP contribution in [0.1, 0.15) is 18.9 Å². The second kappa shape index (κ2) is 4.03. The van der Waals surface area contributed by atoms with E-state index in [1.165, 1.54) is 0 Å². The molecular weight excluding hydrogens is 174 g/mol. The van der Waals surface area contributed by atoms with Crippen LogP contribution in [0.2, 0.25) is 0 Å². The van der Waals surface area contributed by atoms with Crippen LogP contribution in [-0.2, 0) is 0 Å². The first-order chi connectivity index (χ1) is 5.79. The van der Waals surface area contributed by atoms with Gasteiger partial charge in [0.05, 0.1) is 11.8 Å². The molecule has 1 aromatic rings. The number of rotatable bonds is 3. The summed E-state index contributed by atoms with van der Waals surface area (Å²) in [6, 6.07) is 0. The number of hydrogen-bond acceptors (Lipinski definition) is 6. The van der Waals surface area contributed by atoms with E-state index in [0.29, 0.717) is 5.82 Å². The van der Waals surface area contributed by atoms with Gasteiger partial charge in [0.1, 0.15) is 0 Å². The molecule has 6 heteroatoms. The van der Waals surface area contributed by atoms with E-state index in [2.05, 4.69) is 20.8 Å². The van der Waals surface area contributed by atoms with Crippen molar-refractivity contribution in [1.29, 1.82) is 0 Å². The Bertz CT molecular complexity index is 287. The Morgan fingerprint density at radius 1 is 1.75 bits per heavy atom. The van der Waals surface area contributed by atoms with Gasteiger partial charge in [0.15, 0.2) is 5.82 Å². The van der Waals surface area contributed by atoms with Crippen LogP contribution in [-0.4, -0.2) is 20.3 Å². The minimum absolute atomic E-state index is 0.469. The summed E-state index contributed by atoms with van der Waals surface area (Å²) in [6.45, 7) is 1.96. The quantitative estimate of drug-likeness (QED) is 0.303. The number of hydrazine groups is 1. The fourth-order valence-corrected chi connectivity index (χ4v) is 0.920. The molecule has 5 nitrogen and oxygen atoms in total. The molecule has 0 aliphatic heterocycles. The van der Waals surface area contributed by atoms with E-state index in [1.807, 2.05) is 6.92 Å². The molecule has 0 saturated heterocycles. The van der Waals surface area contributed by atoms with Crippen molar-refractivity contribution in [3.63, 3.8) is 0 Å². The molecule has 0 radical (unpaired) electrons. The molecule has 0 amide bonds. The maximum absolute atomic E-state index is 5.20. The smallest absolute Gasteiger partial charge is 0.174 e. The van der Waals surface area contributed by atoms with Gasteiger partial charge in [-0.05, 0) is 11.6 Å². The summed E-state index contributed by atoms with van der Waals surface area (Å²) in [4.78, 5) is 0.769. The molecule has 0 bridgehead atoms. The van der Waals surface area contributed by atoms with Crippen molar-refractivity contribution in [2.24, 2.45) is 5.84 Å². The van der Waals surface area contributed by atoms with Crippen LogP contribution in [0.15, 0.2) is 6.20 Å². The van der Waals surface area contributed by atoms with Crippen molar-refractivity contribution in [1.82, 2.24) is 15.4 Å². The second-order valence-electron chi connectivity index (χ2n) is 2.12. The van der Waals surface area contributed by atoms with Crippen LogP contribution < -0.4 is 11.3 Å². The molecule has 0 atom stereocenters. The number of anilines is 1. The zero-order valence-electron chi connectivity index (χ0n) is 6.61. The van der Waals surface area contributed by atoms with E-state index in [-0.39, 0.29) is 0 Å². The summed E-state index contributed by atoms with van der Waals surface area (Å²) in [5, 5.41) is 10.7. The molecule has 0 fully saturated rings. The van der Waals surface area contributed by atoms with Crippen molar-refractivity contribution in [3.05, 3.63) is 11.8 Å². The molecule has 64 valence electrons. The number of thiocarbonyl (C=S) groups is 1. The lowest BCUT2D eigenvalue weighted by Crippen LogP contribution is -2.14. The van der Waals surface area contributed by atoms with Gasteiger partial charge in [0.25, 0.3) is 0 Å². The van der Waals surface area contributed by atoms with Gasteiger partial charge in [-0.3, -0.25) is 0 Å². The van der Waals surface area contributed by atoms with Gasteiger partial charge in [0, 0.05) is 4.86 Å². The molecule has 0 aromatic carbocycles. The minimum atomic E-state index is 0.469. The molecule has 3 N–H and O–H groups in total. The van der Waals surface area contributed by atoms with E-state index in [1.54, 1.807) is 6.20 Å². The average molecular weight is 183 g/mol. The third-order valence-electron chi connectivity index (χ3n) is 1.40. The van der Waals surface area contributed by atoms with Gasteiger partial charge < -0.3 is 5.43 Å². The average Bonchev–Trinajstić information content (AvgIpc) is 2.16. The monoisotopic (exact) mass is 183 g/mol. The summed E-state index contributed by atoms with van der Waals surface area (Å²) >= 11 is 5.07. The summed E-state index contributed by atoms with van der Waals surface area (Å²) in [5.41, 5.74) is 3.15. The van der Waals surface area contributed by atoms with Gasteiger partial charge in [-0.1, -0.05) is 19.1 Å². The zero-order chi connectivity index (χ0) is 8.97. The predicted molar refractivity (Wildman–Crippen MR) is 49.6 cm³/mol. The number of nitrogen functional groups attached to an aromatic ring is 1. The fraction of sp³-hybridized carbons (Fsp3) is 0.333. The number of nitrogens with one attached hydrogen (secondary N) is 1. The SMILES string of the molecule is CCC(=S)c1cnnnc1NN. The number of hydrogen-bond donors (Lipinski definition) is 2. The summed E-state index contributed by atoms with van der Waals surface area (Å²) < 4.78 is 0. The highest BCUT2D eigenvalue weighted by Gasteiger charge is 2.06. The second-order valence-corrected chi connectivity index (χ2v) is 2.61. The Balaban J connectivity index is 3.04. The van der Waals surface area contributed by atoms with E-state index in [4.69, 9.17) is 18.1 Å². The fourth-order valence-electron chi connectivity index (χ4n) is 0.770. The summed E-state index contributed by atoms with van der Waals surface area (Å²) in [7, 11) is 0. The number of nitrogens with zero attached hydrogens (tertiary/aromatic N) is 3. The molecule has 0 aliphatic carbocycles. The Morgan fingerprint density at radius 2 is 2.50 bits per heavy atom. The van der Waals surface area contributed by atoms with Crippen molar-refractivity contribution in [2.75, 3.05) is 5.43 Å². The standard InChI is InChI=1S/C6H9N5S/c1-2-5(12)4-3-8-11-10-6(4)9-7/h3H,2,7H2,1H3,(H,8,9,10). The molecule has 0 spiro atoms. The predicted octanol–water partition coefficient (Wildman–Crippen LogP) is 0.285. The lowest BCUT2D eigenvalue weighted by atomic mass is 10.2. The van der Waals surface area contributed by atoms with Crippen LogP contribution in [0.5, 0.6) is 0 Å². The molecule has 0 unspecified atom stereocenters. The first kappa shape index (κ1) is 8.95. The highest BCUT2D eigenvalue weighted by atomic mass is 32.1. The van der Waals surface area contributed by atoms with E-state index in [9.17, 15) is 0 Å². The first-order valence-electron chi connectivity index (χ1n) is 3.47. The van der Waals surface area contributed by atoms with Crippen LogP contribution in [0.25, 0.3) is 0 Å². The van der Waals surface area contributed by atoms with Crippen LogP contribution in [0.4, 0.5) is 5.82 Å². The zero-order valence-corrected chi connectivity index (χ0v) is 7.43. The minimum Gasteiger partial charge on any atom is -0.306 e. The van der Waals surface area contributed by atoms with Gasteiger partial charge in [-0.25, -0.2) is 5.84 Å². The van der Waals surface area contributed by atoms with E-state index < -0.39 is 0 Å². The lowest BCUT2D eigenvalue weighted by molar-refractivity contribution is 0.862. The maximum Gasteiger partial charge on any atom is 0.174 e. The van der Waals surface area contributed by atoms with E-state index in [0.717, 1.165) is 16.8 Å². The van der Waals surface area contributed by atoms with Crippen LogP contribution in [0.3, 0.4) is 0 Å². The van der Waals surface area contributed by atoms with Crippen molar-refractivity contribution in [3.8, 4) is 0 Å². The van der Waals surface area contributed by atoms with Crippen molar-refractivity contribution < 1.29 is 0 Å². The highest BCUT2D eigenvalue weighted by molar-refractivity contribution is 7.80. The van der Waals surface area contributed by atoms with Crippen LogP contribution >= 0.6 is 12.2 Å². The van der Waals surface area contributed by atoms with Gasteiger partial charge >= 0.3 is 0 Å². The number of nitrogens with two attached hydrogens (primary N) is 1. The molecule has 12 heavy (non-hydrogen) atoms. The Labute approximate surface area is 75.3 Å². The summed E-state index contributed by atoms with van der Waals surface area (Å²) in [5.74, 6) is 5.67. The first-order valence-corrected chi connectivity index (χ1v) is 3.88. The van der Waals surface area contributed by atoms with E-state index >= 15 is 0 Å². The molecule has 0 saturated carbocycles. The molecule has 0 aliphatic rings. The lowest BCUT2D eigenvalue weighted by Gasteiger charge is -2.04. The van der Waals surface area contributed by atoms with Gasteiger partial charge in [0.2, 0.25) is 0 Å². The molecular formula is C6H9N5S. The maximum atomic E-state index is 5.20. The third kappa shape index (κ3) is 1.72. The van der Waals surface area contributed by atoms with Gasteiger partial charge in [-0.2, -0.15) is 0 Å². The highest BCUT2D eigenvalue weighted by Crippen LogP contribution is 2.10. The Morgan fingerprint density at radius 3 is 3.08 bits per heavy atom. The summed E-state index contributed by atoms with van der Waals surface area (Å²) in [6.07, 6.45) is 2.31. The number of aromatic nitrogens is 3. The van der Waals surface area contributed by atoms with Crippen LogP contribution in [0, 0.1) is 0 Å². The normalized spacial score (nSPS) is 9.50. The molecule has 1 heterocycles. The Kier molecular flexibility index (Phi) is 3.01. The molecule has 1 aromatic heterocycles. The molecule has 1 rings (SSSR count).